The Morgan fingerprint density at radius 2 is 1.94 bits per heavy atom. The Kier molecular flexibility index (Phi) is 6.53. The van der Waals surface area contributed by atoms with Gasteiger partial charge in [-0.3, -0.25) is 0 Å². The lowest BCUT2D eigenvalue weighted by atomic mass is 10.3. The van der Waals surface area contributed by atoms with Crippen molar-refractivity contribution >= 4 is 8.56 Å². The second-order valence-corrected chi connectivity index (χ2v) is 8.00. The van der Waals surface area contributed by atoms with Crippen LogP contribution in [0.1, 0.15) is 19.8 Å². The Labute approximate surface area is 99.5 Å². The van der Waals surface area contributed by atoms with Gasteiger partial charge in [-0.2, -0.15) is 0 Å². The number of epoxide rings is 1. The lowest BCUT2D eigenvalue weighted by Gasteiger charge is -2.25. The molecule has 0 radical (unpaired) electrons. The molecule has 5 heteroatoms. The Balaban J connectivity index is 1.98. The molecule has 1 atom stereocenters. The van der Waals surface area contributed by atoms with E-state index in [0.29, 0.717) is 6.10 Å². The van der Waals surface area contributed by atoms with Crippen LogP contribution in [0.5, 0.6) is 0 Å². The fourth-order valence-corrected chi connectivity index (χ4v) is 4.02. The fraction of sp³-hybridized carbons (Fsp3) is 1.00. The van der Waals surface area contributed by atoms with E-state index in [1.807, 2.05) is 0 Å². The maximum atomic E-state index is 5.55. The van der Waals surface area contributed by atoms with Crippen molar-refractivity contribution in [3.8, 4) is 0 Å². The topological polar surface area (TPSA) is 40.2 Å². The van der Waals surface area contributed by atoms with Crippen molar-refractivity contribution in [3.63, 3.8) is 0 Å². The quantitative estimate of drug-likeness (QED) is 0.336. The van der Waals surface area contributed by atoms with E-state index in [1.54, 1.807) is 14.2 Å². The molecule has 0 amide bonds. The van der Waals surface area contributed by atoms with Gasteiger partial charge in [0.25, 0.3) is 0 Å². The molecule has 0 aliphatic carbocycles. The van der Waals surface area contributed by atoms with Crippen LogP contribution in [0.15, 0.2) is 0 Å². The van der Waals surface area contributed by atoms with Crippen LogP contribution in [0.2, 0.25) is 12.1 Å². The lowest BCUT2D eigenvalue weighted by Crippen LogP contribution is -2.38. The third-order valence-electron chi connectivity index (χ3n) is 3.09. The van der Waals surface area contributed by atoms with Crippen LogP contribution >= 0.6 is 0 Å². The molecule has 0 aromatic heterocycles. The zero-order valence-electron chi connectivity index (χ0n) is 10.7. The van der Waals surface area contributed by atoms with E-state index in [2.05, 4.69) is 6.92 Å². The molecule has 1 rings (SSSR count). The van der Waals surface area contributed by atoms with E-state index in [0.717, 1.165) is 44.8 Å². The van der Waals surface area contributed by atoms with Crippen LogP contribution in [0, 0.1) is 0 Å². The van der Waals surface area contributed by atoms with Gasteiger partial charge in [-0.1, -0.05) is 6.92 Å². The summed E-state index contributed by atoms with van der Waals surface area (Å²) in [4.78, 5) is 0. The molecule has 16 heavy (non-hydrogen) atoms. The number of ether oxygens (including phenoxy) is 2. The second-order valence-electron chi connectivity index (χ2n) is 4.16. The van der Waals surface area contributed by atoms with Gasteiger partial charge in [-0.25, -0.2) is 0 Å². The van der Waals surface area contributed by atoms with E-state index in [1.165, 1.54) is 0 Å². The van der Waals surface area contributed by atoms with Gasteiger partial charge in [0.15, 0.2) is 0 Å². The molecule has 4 nitrogen and oxygen atoms in total. The van der Waals surface area contributed by atoms with Crippen LogP contribution in [0.3, 0.4) is 0 Å². The highest BCUT2D eigenvalue weighted by Crippen LogP contribution is 2.20. The maximum absolute atomic E-state index is 5.55. The summed E-state index contributed by atoms with van der Waals surface area (Å²) < 4.78 is 21.6. The molecule has 1 aliphatic rings. The molecule has 96 valence electrons. The summed E-state index contributed by atoms with van der Waals surface area (Å²) in [6, 6.07) is 2.07. The second kappa shape index (κ2) is 7.40. The fourth-order valence-electron chi connectivity index (χ4n) is 1.73. The van der Waals surface area contributed by atoms with Crippen LogP contribution in [0.4, 0.5) is 0 Å². The van der Waals surface area contributed by atoms with E-state index in [9.17, 15) is 0 Å². The first-order valence-corrected chi connectivity index (χ1v) is 8.29. The van der Waals surface area contributed by atoms with E-state index < -0.39 is 8.56 Å². The molecule has 1 unspecified atom stereocenters. The molecule has 1 saturated heterocycles. The van der Waals surface area contributed by atoms with Gasteiger partial charge in [0, 0.05) is 20.8 Å². The van der Waals surface area contributed by atoms with Gasteiger partial charge in [-0.05, 0) is 24.9 Å². The van der Waals surface area contributed by atoms with Crippen LogP contribution in [-0.2, 0) is 18.3 Å². The number of hydrogen-bond donors (Lipinski definition) is 0. The molecular formula is C11H24O4Si. The van der Waals surface area contributed by atoms with E-state index in [4.69, 9.17) is 18.3 Å². The summed E-state index contributed by atoms with van der Waals surface area (Å²) >= 11 is 0. The van der Waals surface area contributed by atoms with Crippen molar-refractivity contribution in [1.29, 1.82) is 0 Å². The normalized spacial score (nSPS) is 20.1. The van der Waals surface area contributed by atoms with Crippen molar-refractivity contribution < 1.29 is 18.3 Å². The van der Waals surface area contributed by atoms with Crippen molar-refractivity contribution in [2.75, 3.05) is 34.0 Å². The lowest BCUT2D eigenvalue weighted by molar-refractivity contribution is 0.113. The molecular weight excluding hydrogens is 224 g/mol. The van der Waals surface area contributed by atoms with Gasteiger partial charge < -0.3 is 18.3 Å². The average Bonchev–Trinajstić information content (AvgIpc) is 3.13. The largest absolute Gasteiger partial charge is 0.398 e. The summed E-state index contributed by atoms with van der Waals surface area (Å²) in [5, 5.41) is 0. The molecule has 0 aromatic rings. The minimum absolute atomic E-state index is 0.377. The summed E-state index contributed by atoms with van der Waals surface area (Å²) in [5.74, 6) is 0. The first-order chi connectivity index (χ1) is 7.76. The van der Waals surface area contributed by atoms with Gasteiger partial charge in [0.1, 0.15) is 6.10 Å². The van der Waals surface area contributed by atoms with Gasteiger partial charge in [0.05, 0.1) is 13.2 Å². The van der Waals surface area contributed by atoms with Crippen LogP contribution in [-0.4, -0.2) is 48.7 Å². The number of rotatable bonds is 10. The molecule has 1 aliphatic heterocycles. The molecule has 0 bridgehead atoms. The van der Waals surface area contributed by atoms with Crippen molar-refractivity contribution in [1.82, 2.24) is 0 Å². The Morgan fingerprint density at radius 3 is 2.44 bits per heavy atom. The molecule has 0 spiro atoms. The minimum Gasteiger partial charge on any atom is -0.398 e. The minimum atomic E-state index is -1.87. The standard InChI is InChI=1S/C11H24O4Si/c1-4-16(12-2,13-3)8-6-5-7-14-9-11-10-15-11/h11H,4-10H2,1-3H3. The SMILES string of the molecule is CC[Si](CCCCOCC1CO1)(OC)OC. The summed E-state index contributed by atoms with van der Waals surface area (Å²) in [6.07, 6.45) is 2.57. The third kappa shape index (κ3) is 4.93. The van der Waals surface area contributed by atoms with Crippen LogP contribution in [0.25, 0.3) is 0 Å². The molecule has 0 saturated carbocycles. The van der Waals surface area contributed by atoms with Crippen molar-refractivity contribution in [2.45, 2.75) is 38.0 Å². The average molecular weight is 248 g/mol. The smallest absolute Gasteiger partial charge is 0.337 e. The van der Waals surface area contributed by atoms with E-state index in [-0.39, 0.29) is 0 Å². The Bertz CT molecular complexity index is 173. The molecule has 0 N–H and O–H groups in total. The van der Waals surface area contributed by atoms with Gasteiger partial charge in [-0.15, -0.1) is 0 Å². The van der Waals surface area contributed by atoms with Crippen molar-refractivity contribution in [3.05, 3.63) is 0 Å². The Morgan fingerprint density at radius 1 is 1.25 bits per heavy atom. The van der Waals surface area contributed by atoms with Crippen molar-refractivity contribution in [2.24, 2.45) is 0 Å². The predicted molar refractivity (Wildman–Crippen MR) is 64.9 cm³/mol. The Hall–Kier alpha value is 0.0569. The highest BCUT2D eigenvalue weighted by Gasteiger charge is 2.32. The van der Waals surface area contributed by atoms with Gasteiger partial charge in [0.2, 0.25) is 0 Å². The molecule has 1 heterocycles. The summed E-state index contributed by atoms with van der Waals surface area (Å²) in [7, 11) is 1.66. The zero-order chi connectivity index (χ0) is 11.9. The molecule has 1 fully saturated rings. The first kappa shape index (κ1) is 14.1. The highest BCUT2D eigenvalue weighted by molar-refractivity contribution is 6.67. The number of unbranched alkanes of at least 4 members (excludes halogenated alkanes) is 1. The van der Waals surface area contributed by atoms with E-state index >= 15 is 0 Å². The maximum Gasteiger partial charge on any atom is 0.337 e. The highest BCUT2D eigenvalue weighted by atomic mass is 28.4. The first-order valence-electron chi connectivity index (χ1n) is 6.06. The predicted octanol–water partition coefficient (Wildman–Crippen LogP) is 1.94. The van der Waals surface area contributed by atoms with Crippen LogP contribution < -0.4 is 0 Å². The van der Waals surface area contributed by atoms with Gasteiger partial charge >= 0.3 is 8.56 Å². The molecule has 0 aromatic carbocycles. The third-order valence-corrected chi connectivity index (χ3v) is 6.77. The number of hydrogen-bond acceptors (Lipinski definition) is 4. The monoisotopic (exact) mass is 248 g/mol. The summed E-state index contributed by atoms with van der Waals surface area (Å²) in [5.41, 5.74) is 0. The zero-order valence-corrected chi connectivity index (χ0v) is 11.7. The summed E-state index contributed by atoms with van der Waals surface area (Å²) in [6.45, 7) is 4.59.